The summed E-state index contributed by atoms with van der Waals surface area (Å²) in [6.45, 7) is 2.59. The number of hydrogen-bond donors (Lipinski definition) is 0. The van der Waals surface area contributed by atoms with Crippen LogP contribution >= 0.6 is 0 Å². The first-order chi connectivity index (χ1) is 11.0. The summed E-state index contributed by atoms with van der Waals surface area (Å²) in [6.07, 6.45) is 1.03. The van der Waals surface area contributed by atoms with Gasteiger partial charge in [-0.2, -0.15) is 0 Å². The summed E-state index contributed by atoms with van der Waals surface area (Å²) >= 11 is 0. The number of carbonyl (C=O) groups is 1. The fourth-order valence-electron chi connectivity index (χ4n) is 3.12. The first-order valence-electron chi connectivity index (χ1n) is 7.66. The van der Waals surface area contributed by atoms with Crippen LogP contribution in [0.15, 0.2) is 30.3 Å². The second-order valence-corrected chi connectivity index (χ2v) is 5.83. The lowest BCUT2D eigenvalue weighted by Crippen LogP contribution is -2.12. The summed E-state index contributed by atoms with van der Waals surface area (Å²) in [5.74, 6) is 1.24. The number of carbonyl (C=O) groups excluding carboxylic acids is 1. The predicted molar refractivity (Wildman–Crippen MR) is 92.0 cm³/mol. The molecule has 4 heteroatoms. The lowest BCUT2D eigenvalue weighted by molar-refractivity contribution is 0.101. The highest BCUT2D eigenvalue weighted by Crippen LogP contribution is 2.41. The molecular formula is C19H21NO3. The van der Waals surface area contributed by atoms with Crippen LogP contribution < -0.4 is 14.4 Å². The van der Waals surface area contributed by atoms with E-state index in [-0.39, 0.29) is 5.78 Å². The van der Waals surface area contributed by atoms with Crippen LogP contribution in [0, 0.1) is 0 Å². The molecule has 23 heavy (non-hydrogen) atoms. The Morgan fingerprint density at radius 1 is 1.13 bits per heavy atom. The van der Waals surface area contributed by atoms with Crippen LogP contribution in [0.3, 0.4) is 0 Å². The first-order valence-corrected chi connectivity index (χ1v) is 7.66. The molecule has 0 bridgehead atoms. The zero-order valence-corrected chi connectivity index (χ0v) is 14.0. The van der Waals surface area contributed by atoms with Gasteiger partial charge in [0.2, 0.25) is 0 Å². The maximum absolute atomic E-state index is 11.8. The molecule has 120 valence electrons. The van der Waals surface area contributed by atoms with E-state index in [2.05, 4.69) is 30.1 Å². The highest BCUT2D eigenvalue weighted by Gasteiger charge is 2.20. The Kier molecular flexibility index (Phi) is 3.99. The van der Waals surface area contributed by atoms with Gasteiger partial charge in [0, 0.05) is 30.4 Å². The predicted octanol–water partition coefficient (Wildman–Crippen LogP) is 3.57. The third kappa shape index (κ3) is 2.65. The Morgan fingerprint density at radius 2 is 1.91 bits per heavy atom. The second kappa shape index (κ2) is 5.95. The quantitative estimate of drug-likeness (QED) is 0.809. The molecule has 0 spiro atoms. The molecule has 2 aromatic carbocycles. The molecule has 0 unspecified atom stereocenters. The molecular weight excluding hydrogens is 290 g/mol. The highest BCUT2D eigenvalue weighted by atomic mass is 16.5. The highest BCUT2D eigenvalue weighted by molar-refractivity contribution is 5.97. The summed E-state index contributed by atoms with van der Waals surface area (Å²) in [5, 5.41) is 0. The Balaban J connectivity index is 2.18. The zero-order valence-electron chi connectivity index (χ0n) is 14.0. The van der Waals surface area contributed by atoms with Gasteiger partial charge >= 0.3 is 0 Å². The van der Waals surface area contributed by atoms with Gasteiger partial charge in [0.1, 0.15) is 0 Å². The standard InChI is InChI=1S/C19H21NO3/c1-12(21)15-10-16(19(23-4)18(11-15)22-3)13-5-6-17-14(9-13)7-8-20(17)2/h5-6,9-11H,7-8H2,1-4H3. The van der Waals surface area contributed by atoms with Crippen LogP contribution in [-0.4, -0.2) is 33.6 Å². The van der Waals surface area contributed by atoms with Gasteiger partial charge in [0.05, 0.1) is 14.2 Å². The maximum Gasteiger partial charge on any atom is 0.168 e. The van der Waals surface area contributed by atoms with Crippen molar-refractivity contribution >= 4 is 11.5 Å². The van der Waals surface area contributed by atoms with Crippen molar-refractivity contribution in [2.45, 2.75) is 13.3 Å². The topological polar surface area (TPSA) is 38.8 Å². The van der Waals surface area contributed by atoms with Gasteiger partial charge in [-0.05, 0) is 48.7 Å². The Bertz CT molecular complexity index is 767. The van der Waals surface area contributed by atoms with Gasteiger partial charge in [-0.25, -0.2) is 0 Å². The van der Waals surface area contributed by atoms with Crippen LogP contribution in [0.1, 0.15) is 22.8 Å². The molecule has 2 aromatic rings. The number of rotatable bonds is 4. The summed E-state index contributed by atoms with van der Waals surface area (Å²) in [5.41, 5.74) is 5.13. The van der Waals surface area contributed by atoms with Crippen molar-refractivity contribution in [3.05, 3.63) is 41.5 Å². The molecule has 3 rings (SSSR count). The van der Waals surface area contributed by atoms with Crippen molar-refractivity contribution in [3.8, 4) is 22.6 Å². The number of anilines is 1. The number of likely N-dealkylation sites (N-methyl/N-ethyl adjacent to an activating group) is 1. The van der Waals surface area contributed by atoms with Gasteiger partial charge in [-0.3, -0.25) is 4.79 Å². The van der Waals surface area contributed by atoms with E-state index < -0.39 is 0 Å². The number of benzene rings is 2. The number of ketones is 1. The number of fused-ring (bicyclic) bond motifs is 1. The zero-order chi connectivity index (χ0) is 16.6. The first kappa shape index (κ1) is 15.4. The van der Waals surface area contributed by atoms with Crippen molar-refractivity contribution in [1.82, 2.24) is 0 Å². The number of Topliss-reactive ketones (excluding diaryl/α,β-unsaturated/α-hetero) is 1. The van der Waals surface area contributed by atoms with Gasteiger partial charge in [0.15, 0.2) is 17.3 Å². The van der Waals surface area contributed by atoms with Crippen molar-refractivity contribution in [1.29, 1.82) is 0 Å². The minimum atomic E-state index is 0.00750. The van der Waals surface area contributed by atoms with Crippen LogP contribution in [0.25, 0.3) is 11.1 Å². The van der Waals surface area contributed by atoms with E-state index in [1.807, 2.05) is 6.07 Å². The number of nitrogens with zero attached hydrogens (tertiary/aromatic N) is 1. The van der Waals surface area contributed by atoms with Crippen LogP contribution in [0.4, 0.5) is 5.69 Å². The summed E-state index contributed by atoms with van der Waals surface area (Å²) in [7, 11) is 5.31. The average molecular weight is 311 g/mol. The third-order valence-corrected chi connectivity index (χ3v) is 4.40. The molecule has 0 saturated heterocycles. The summed E-state index contributed by atoms with van der Waals surface area (Å²) < 4.78 is 11.0. The number of hydrogen-bond acceptors (Lipinski definition) is 4. The molecule has 4 nitrogen and oxygen atoms in total. The molecule has 0 atom stereocenters. The van der Waals surface area contributed by atoms with E-state index in [1.165, 1.54) is 11.3 Å². The summed E-state index contributed by atoms with van der Waals surface area (Å²) in [4.78, 5) is 14.1. The molecule has 0 aromatic heterocycles. The third-order valence-electron chi connectivity index (χ3n) is 4.40. The van der Waals surface area contributed by atoms with E-state index in [9.17, 15) is 4.79 Å². The van der Waals surface area contributed by atoms with Crippen LogP contribution in [0.5, 0.6) is 11.5 Å². The van der Waals surface area contributed by atoms with Crippen molar-refractivity contribution < 1.29 is 14.3 Å². The van der Waals surface area contributed by atoms with Crippen molar-refractivity contribution in [2.24, 2.45) is 0 Å². The van der Waals surface area contributed by atoms with Crippen molar-refractivity contribution in [3.63, 3.8) is 0 Å². The molecule has 0 radical (unpaired) electrons. The Morgan fingerprint density at radius 3 is 2.57 bits per heavy atom. The fourth-order valence-corrected chi connectivity index (χ4v) is 3.12. The van der Waals surface area contributed by atoms with E-state index in [0.717, 1.165) is 24.1 Å². The Hall–Kier alpha value is -2.49. The largest absolute Gasteiger partial charge is 0.493 e. The molecule has 1 heterocycles. The summed E-state index contributed by atoms with van der Waals surface area (Å²) in [6, 6.07) is 9.99. The van der Waals surface area contributed by atoms with Gasteiger partial charge in [-0.15, -0.1) is 0 Å². The number of methoxy groups -OCH3 is 2. The smallest absolute Gasteiger partial charge is 0.168 e. The molecule has 0 amide bonds. The minimum absolute atomic E-state index is 0.00750. The lowest BCUT2D eigenvalue weighted by Gasteiger charge is -2.16. The SMILES string of the molecule is COc1cc(C(C)=O)cc(-c2ccc3c(c2)CCN3C)c1OC. The van der Waals surface area contributed by atoms with E-state index in [0.29, 0.717) is 17.1 Å². The van der Waals surface area contributed by atoms with E-state index in [1.54, 1.807) is 27.2 Å². The van der Waals surface area contributed by atoms with Crippen LogP contribution in [-0.2, 0) is 6.42 Å². The van der Waals surface area contributed by atoms with Gasteiger partial charge in [0.25, 0.3) is 0 Å². The lowest BCUT2D eigenvalue weighted by atomic mass is 9.97. The normalized spacial score (nSPS) is 13.0. The van der Waals surface area contributed by atoms with Gasteiger partial charge < -0.3 is 14.4 Å². The molecule has 1 aliphatic rings. The molecule has 0 N–H and O–H groups in total. The minimum Gasteiger partial charge on any atom is -0.493 e. The molecule has 0 aliphatic carbocycles. The number of ether oxygens (including phenoxy) is 2. The molecule has 0 fully saturated rings. The molecule has 0 saturated carbocycles. The van der Waals surface area contributed by atoms with Gasteiger partial charge in [-0.1, -0.05) is 6.07 Å². The second-order valence-electron chi connectivity index (χ2n) is 5.83. The fraction of sp³-hybridized carbons (Fsp3) is 0.316. The Labute approximate surface area is 136 Å². The van der Waals surface area contributed by atoms with Crippen LogP contribution in [0.2, 0.25) is 0 Å². The maximum atomic E-state index is 11.8. The van der Waals surface area contributed by atoms with E-state index >= 15 is 0 Å². The molecule has 1 aliphatic heterocycles. The average Bonchev–Trinajstić information content (AvgIpc) is 2.93. The van der Waals surface area contributed by atoms with Crippen molar-refractivity contribution in [2.75, 3.05) is 32.7 Å². The monoisotopic (exact) mass is 311 g/mol. The van der Waals surface area contributed by atoms with E-state index in [4.69, 9.17) is 9.47 Å².